The lowest BCUT2D eigenvalue weighted by Gasteiger charge is -2.20. The van der Waals surface area contributed by atoms with Crippen molar-refractivity contribution >= 4 is 15.9 Å². The van der Waals surface area contributed by atoms with Crippen LogP contribution in [0.1, 0.15) is 49.7 Å². The zero-order chi connectivity index (χ0) is 19.5. The number of carbonyl (C=O) groups is 1. The summed E-state index contributed by atoms with van der Waals surface area (Å²) in [5.41, 5.74) is 0.0710. The second kappa shape index (κ2) is 7.55. The molecular formula is C19H23FN2O3S. The fourth-order valence-electron chi connectivity index (χ4n) is 2.43. The average Bonchev–Trinajstić information content (AvgIpc) is 2.53. The lowest BCUT2D eigenvalue weighted by Crippen LogP contribution is -2.40. The predicted octanol–water partition coefficient (Wildman–Crippen LogP) is 3.39. The van der Waals surface area contributed by atoms with Gasteiger partial charge in [-0.3, -0.25) is 4.79 Å². The molecule has 2 aromatic rings. The minimum atomic E-state index is -3.66. The first-order valence-corrected chi connectivity index (χ1v) is 9.67. The highest BCUT2D eigenvalue weighted by Crippen LogP contribution is 2.18. The van der Waals surface area contributed by atoms with E-state index in [1.54, 1.807) is 45.9 Å². The van der Waals surface area contributed by atoms with Crippen LogP contribution in [0, 0.1) is 5.82 Å². The molecule has 2 rings (SSSR count). The van der Waals surface area contributed by atoms with Crippen molar-refractivity contribution < 1.29 is 17.6 Å². The zero-order valence-electron chi connectivity index (χ0n) is 15.2. The van der Waals surface area contributed by atoms with E-state index in [1.807, 2.05) is 0 Å². The number of benzene rings is 2. The molecule has 0 aromatic heterocycles. The van der Waals surface area contributed by atoms with Crippen LogP contribution in [0.5, 0.6) is 0 Å². The van der Waals surface area contributed by atoms with Gasteiger partial charge in [0.15, 0.2) is 0 Å². The Morgan fingerprint density at radius 3 is 2.15 bits per heavy atom. The van der Waals surface area contributed by atoms with Crippen LogP contribution in [0.3, 0.4) is 0 Å². The van der Waals surface area contributed by atoms with Crippen LogP contribution in [0.2, 0.25) is 0 Å². The van der Waals surface area contributed by atoms with Gasteiger partial charge in [-0.1, -0.05) is 18.2 Å². The van der Waals surface area contributed by atoms with Crippen LogP contribution < -0.4 is 10.0 Å². The Balaban J connectivity index is 2.13. The first-order chi connectivity index (χ1) is 12.0. The van der Waals surface area contributed by atoms with Crippen molar-refractivity contribution in [3.8, 4) is 0 Å². The van der Waals surface area contributed by atoms with Crippen LogP contribution in [0.15, 0.2) is 53.4 Å². The van der Waals surface area contributed by atoms with E-state index in [1.165, 1.54) is 30.3 Å². The van der Waals surface area contributed by atoms with Crippen LogP contribution in [0.25, 0.3) is 0 Å². The smallest absolute Gasteiger partial charge is 0.251 e. The van der Waals surface area contributed by atoms with Gasteiger partial charge in [0.1, 0.15) is 5.82 Å². The largest absolute Gasteiger partial charge is 0.345 e. The minimum Gasteiger partial charge on any atom is -0.345 e. The van der Waals surface area contributed by atoms with E-state index >= 15 is 0 Å². The van der Waals surface area contributed by atoms with Crippen LogP contribution in [0.4, 0.5) is 4.39 Å². The molecule has 1 atom stereocenters. The Labute approximate surface area is 153 Å². The molecule has 2 aromatic carbocycles. The summed E-state index contributed by atoms with van der Waals surface area (Å²) in [5.74, 6) is -0.802. The molecule has 0 radical (unpaired) electrons. The minimum absolute atomic E-state index is 0.0751. The third-order valence-electron chi connectivity index (χ3n) is 3.59. The fraction of sp³-hybridized carbons (Fsp3) is 0.316. The lowest BCUT2D eigenvalue weighted by atomic mass is 10.1. The normalized spacial score (nSPS) is 13.3. The summed E-state index contributed by atoms with van der Waals surface area (Å²) >= 11 is 0. The number of hydrogen-bond donors (Lipinski definition) is 2. The van der Waals surface area contributed by atoms with E-state index in [-0.39, 0.29) is 4.90 Å². The maximum Gasteiger partial charge on any atom is 0.251 e. The van der Waals surface area contributed by atoms with Crippen molar-refractivity contribution in [3.05, 3.63) is 65.5 Å². The molecule has 7 heteroatoms. The second-order valence-corrected chi connectivity index (χ2v) is 8.78. The molecule has 0 spiro atoms. The van der Waals surface area contributed by atoms with Crippen molar-refractivity contribution in [3.63, 3.8) is 0 Å². The Morgan fingerprint density at radius 1 is 1.04 bits per heavy atom. The molecule has 140 valence electrons. The molecule has 1 unspecified atom stereocenters. The Kier molecular flexibility index (Phi) is 5.83. The summed E-state index contributed by atoms with van der Waals surface area (Å²) in [6.45, 7) is 6.92. The molecule has 2 N–H and O–H groups in total. The summed E-state index contributed by atoms with van der Waals surface area (Å²) in [5, 5.41) is 2.71. The molecule has 1 amide bonds. The van der Waals surface area contributed by atoms with Gasteiger partial charge in [0, 0.05) is 16.7 Å². The monoisotopic (exact) mass is 378 g/mol. The van der Waals surface area contributed by atoms with Crippen molar-refractivity contribution in [1.82, 2.24) is 10.0 Å². The molecule has 0 aliphatic carbocycles. The number of hydrogen-bond acceptors (Lipinski definition) is 3. The van der Waals surface area contributed by atoms with Gasteiger partial charge in [-0.2, -0.15) is 0 Å². The summed E-state index contributed by atoms with van der Waals surface area (Å²) in [6.07, 6.45) is 0. The second-order valence-electron chi connectivity index (χ2n) is 7.10. The van der Waals surface area contributed by atoms with Gasteiger partial charge in [0.25, 0.3) is 5.91 Å². The topological polar surface area (TPSA) is 75.3 Å². The zero-order valence-corrected chi connectivity index (χ0v) is 16.0. The molecule has 26 heavy (non-hydrogen) atoms. The van der Waals surface area contributed by atoms with Crippen molar-refractivity contribution in [2.24, 2.45) is 0 Å². The number of halogens is 1. The molecule has 0 saturated carbocycles. The highest BCUT2D eigenvalue weighted by molar-refractivity contribution is 7.89. The number of rotatable bonds is 5. The van der Waals surface area contributed by atoms with Crippen molar-refractivity contribution in [2.45, 2.75) is 44.2 Å². The van der Waals surface area contributed by atoms with Gasteiger partial charge in [0.2, 0.25) is 10.0 Å². The fourth-order valence-corrected chi connectivity index (χ4v) is 3.85. The summed E-state index contributed by atoms with van der Waals surface area (Å²) < 4.78 is 40.9. The van der Waals surface area contributed by atoms with E-state index < -0.39 is 33.3 Å². The summed E-state index contributed by atoms with van der Waals surface area (Å²) in [6, 6.07) is 11.3. The third-order valence-corrected chi connectivity index (χ3v) is 5.36. The molecule has 0 heterocycles. The first-order valence-electron chi connectivity index (χ1n) is 8.19. The Hall–Kier alpha value is -2.25. The van der Waals surface area contributed by atoms with E-state index in [0.29, 0.717) is 11.1 Å². The lowest BCUT2D eigenvalue weighted by molar-refractivity contribution is 0.0939. The molecule has 0 aliphatic heterocycles. The number of amides is 1. The van der Waals surface area contributed by atoms with E-state index in [9.17, 15) is 17.6 Å². The number of carbonyl (C=O) groups excluding carboxylic acids is 1. The quantitative estimate of drug-likeness (QED) is 0.837. The van der Waals surface area contributed by atoms with Crippen LogP contribution >= 0.6 is 0 Å². The van der Waals surface area contributed by atoms with Crippen LogP contribution in [-0.2, 0) is 10.0 Å². The van der Waals surface area contributed by atoms with Crippen LogP contribution in [-0.4, -0.2) is 19.9 Å². The van der Waals surface area contributed by atoms with E-state index in [0.717, 1.165) is 0 Å². The Morgan fingerprint density at radius 2 is 1.62 bits per heavy atom. The maximum atomic E-state index is 13.8. The highest BCUT2D eigenvalue weighted by atomic mass is 32.2. The molecular weight excluding hydrogens is 355 g/mol. The Bertz CT molecular complexity index is 888. The van der Waals surface area contributed by atoms with Gasteiger partial charge in [0.05, 0.1) is 10.9 Å². The van der Waals surface area contributed by atoms with Crippen molar-refractivity contribution in [1.29, 1.82) is 0 Å². The number of sulfonamides is 1. The SMILES string of the molecule is CC(NC(=O)c1ccc(S(=O)(=O)NC(C)(C)C)cc1)c1ccccc1F. The van der Waals surface area contributed by atoms with Gasteiger partial charge in [-0.05, 0) is 58.0 Å². The number of nitrogens with one attached hydrogen (secondary N) is 2. The maximum absolute atomic E-state index is 13.8. The molecule has 0 fully saturated rings. The van der Waals surface area contributed by atoms with E-state index in [4.69, 9.17) is 0 Å². The molecule has 5 nitrogen and oxygen atoms in total. The molecule has 0 aliphatic rings. The van der Waals surface area contributed by atoms with Gasteiger partial charge in [-0.15, -0.1) is 0 Å². The predicted molar refractivity (Wildman–Crippen MR) is 98.8 cm³/mol. The van der Waals surface area contributed by atoms with Crippen molar-refractivity contribution in [2.75, 3.05) is 0 Å². The average molecular weight is 378 g/mol. The highest BCUT2D eigenvalue weighted by Gasteiger charge is 2.22. The standard InChI is InChI=1S/C19H23FN2O3S/c1-13(16-7-5-6-8-17(16)20)21-18(23)14-9-11-15(12-10-14)26(24,25)22-19(2,3)4/h5-13,22H,1-4H3,(H,21,23). The van der Waals surface area contributed by atoms with Gasteiger partial charge >= 0.3 is 0 Å². The summed E-state index contributed by atoms with van der Waals surface area (Å²) in [7, 11) is -3.66. The molecule has 0 saturated heterocycles. The third kappa shape index (κ3) is 5.12. The first kappa shape index (κ1) is 20.1. The summed E-state index contributed by atoms with van der Waals surface area (Å²) in [4.78, 5) is 12.4. The molecule has 0 bridgehead atoms. The van der Waals surface area contributed by atoms with Gasteiger partial charge < -0.3 is 5.32 Å². The van der Waals surface area contributed by atoms with Gasteiger partial charge in [-0.25, -0.2) is 17.5 Å². The van der Waals surface area contributed by atoms with E-state index in [2.05, 4.69) is 10.0 Å².